The number of hydrogen-bond acceptors (Lipinski definition) is 6. The molecule has 0 aromatic heterocycles. The summed E-state index contributed by atoms with van der Waals surface area (Å²) < 4.78 is 16.7. The highest BCUT2D eigenvalue weighted by molar-refractivity contribution is 5.83. The van der Waals surface area contributed by atoms with Crippen molar-refractivity contribution in [3.8, 4) is 0 Å². The van der Waals surface area contributed by atoms with E-state index < -0.39 is 17.6 Å². The molecule has 2 amide bonds. The van der Waals surface area contributed by atoms with Crippen molar-refractivity contribution in [1.82, 2.24) is 10.6 Å². The van der Waals surface area contributed by atoms with Crippen molar-refractivity contribution in [2.75, 3.05) is 33.5 Å². The zero-order valence-electron chi connectivity index (χ0n) is 18.4. The number of aliphatic carboxylic acids is 1. The van der Waals surface area contributed by atoms with E-state index in [1.54, 1.807) is 7.11 Å². The van der Waals surface area contributed by atoms with E-state index in [0.29, 0.717) is 45.4 Å². The predicted octanol–water partition coefficient (Wildman–Crippen LogP) is 1.49. The van der Waals surface area contributed by atoms with Gasteiger partial charge < -0.3 is 30.0 Å². The monoisotopic (exact) mass is 418 g/mol. The molecule has 9 nitrogen and oxygen atoms in total. The zero-order chi connectivity index (χ0) is 22.3. The summed E-state index contributed by atoms with van der Waals surface area (Å²) in [4.78, 5) is 33.4. The van der Waals surface area contributed by atoms with Gasteiger partial charge in [-0.15, -0.1) is 0 Å². The first-order valence-electron chi connectivity index (χ1n) is 9.99. The smallest absolute Gasteiger partial charge is 0.326 e. The first-order chi connectivity index (χ1) is 13.5. The molecule has 29 heavy (non-hydrogen) atoms. The summed E-state index contributed by atoms with van der Waals surface area (Å²) in [6, 6.07) is -0.942. The van der Waals surface area contributed by atoms with E-state index in [0.717, 1.165) is 6.42 Å². The molecule has 1 unspecified atom stereocenters. The Hall–Kier alpha value is -1.71. The van der Waals surface area contributed by atoms with E-state index in [1.807, 2.05) is 27.7 Å². The minimum absolute atomic E-state index is 0.0727. The van der Waals surface area contributed by atoms with Gasteiger partial charge in [0.05, 0.1) is 31.0 Å². The van der Waals surface area contributed by atoms with Gasteiger partial charge in [-0.1, -0.05) is 0 Å². The molecule has 0 heterocycles. The molecule has 0 aromatic carbocycles. The number of nitrogens with one attached hydrogen (secondary N) is 2. The van der Waals surface area contributed by atoms with Gasteiger partial charge in [0, 0.05) is 20.1 Å². The lowest BCUT2D eigenvalue weighted by Crippen LogP contribution is -2.41. The highest BCUT2D eigenvalue weighted by Gasteiger charge is 2.23. The van der Waals surface area contributed by atoms with Crippen LogP contribution >= 0.6 is 0 Å². The molecule has 0 saturated heterocycles. The minimum Gasteiger partial charge on any atom is -0.480 e. The lowest BCUT2D eigenvalue weighted by Gasteiger charge is -2.28. The summed E-state index contributed by atoms with van der Waals surface area (Å²) in [6.45, 7) is 9.31. The van der Waals surface area contributed by atoms with Crippen LogP contribution in [0.1, 0.15) is 59.8 Å². The van der Waals surface area contributed by atoms with Crippen molar-refractivity contribution in [2.24, 2.45) is 0 Å². The Morgan fingerprint density at radius 1 is 1.10 bits per heavy atom. The fourth-order valence-electron chi connectivity index (χ4n) is 2.36. The molecule has 1 atom stereocenters. The standard InChI is InChI=1S/C20H38N2O7/c1-19(2,27-5)10-13-29-20(3,4)14-28-12-9-17(24)22-16(18(25)26)8-6-7-11-21-15-23/h15-16H,6-14H2,1-5H3,(H,21,23)(H,22,24)(H,25,26). The quantitative estimate of drug-likeness (QED) is 0.228. The summed E-state index contributed by atoms with van der Waals surface area (Å²) in [5.74, 6) is -1.44. The van der Waals surface area contributed by atoms with Crippen molar-refractivity contribution in [2.45, 2.75) is 77.0 Å². The van der Waals surface area contributed by atoms with Gasteiger partial charge in [-0.25, -0.2) is 4.79 Å². The van der Waals surface area contributed by atoms with Gasteiger partial charge in [0.15, 0.2) is 0 Å². The highest BCUT2D eigenvalue weighted by atomic mass is 16.5. The molecule has 0 rings (SSSR count). The maximum absolute atomic E-state index is 12.0. The number of amides is 2. The van der Waals surface area contributed by atoms with Crippen LogP contribution in [0.25, 0.3) is 0 Å². The highest BCUT2D eigenvalue weighted by Crippen LogP contribution is 2.16. The van der Waals surface area contributed by atoms with E-state index in [-0.39, 0.29) is 24.5 Å². The summed E-state index contributed by atoms with van der Waals surface area (Å²) >= 11 is 0. The number of carbonyl (C=O) groups excluding carboxylic acids is 2. The van der Waals surface area contributed by atoms with Crippen molar-refractivity contribution >= 4 is 18.3 Å². The van der Waals surface area contributed by atoms with E-state index in [1.165, 1.54) is 0 Å². The molecule has 3 N–H and O–H groups in total. The van der Waals surface area contributed by atoms with Crippen LogP contribution < -0.4 is 10.6 Å². The van der Waals surface area contributed by atoms with Crippen LogP contribution in [0.15, 0.2) is 0 Å². The van der Waals surface area contributed by atoms with Crippen LogP contribution in [0.5, 0.6) is 0 Å². The van der Waals surface area contributed by atoms with Gasteiger partial charge in [-0.3, -0.25) is 9.59 Å². The molecule has 0 radical (unpaired) electrons. The number of carboxylic acid groups (broad SMARTS) is 1. The van der Waals surface area contributed by atoms with E-state index >= 15 is 0 Å². The average Bonchev–Trinajstić information content (AvgIpc) is 2.63. The van der Waals surface area contributed by atoms with Crippen LogP contribution in [0, 0.1) is 0 Å². The number of carbonyl (C=O) groups is 3. The first kappa shape index (κ1) is 27.3. The van der Waals surface area contributed by atoms with Crippen LogP contribution in [0.2, 0.25) is 0 Å². The molecule has 0 bridgehead atoms. The second kappa shape index (κ2) is 14.3. The van der Waals surface area contributed by atoms with Gasteiger partial charge in [-0.2, -0.15) is 0 Å². The number of hydrogen-bond donors (Lipinski definition) is 3. The Kier molecular flexibility index (Phi) is 13.5. The summed E-state index contributed by atoms with van der Waals surface area (Å²) in [5.41, 5.74) is -0.750. The summed E-state index contributed by atoms with van der Waals surface area (Å²) in [6.07, 6.45) is 2.96. The van der Waals surface area contributed by atoms with Gasteiger partial charge in [-0.05, 0) is 53.4 Å². The lowest BCUT2D eigenvalue weighted by molar-refractivity contribution is -0.142. The van der Waals surface area contributed by atoms with Crippen LogP contribution in [-0.2, 0) is 28.6 Å². The molecule has 0 spiro atoms. The SMILES string of the molecule is COC(C)(C)CCOC(C)(C)COCCC(=O)NC(CCCCNC=O)C(=O)O. The largest absolute Gasteiger partial charge is 0.480 e. The van der Waals surface area contributed by atoms with E-state index in [4.69, 9.17) is 14.2 Å². The van der Waals surface area contributed by atoms with Crippen LogP contribution in [0.3, 0.4) is 0 Å². The lowest BCUT2D eigenvalue weighted by atomic mass is 10.1. The Bertz CT molecular complexity index is 495. The summed E-state index contributed by atoms with van der Waals surface area (Å²) in [5, 5.41) is 14.2. The molecule has 0 aliphatic rings. The Morgan fingerprint density at radius 3 is 2.38 bits per heavy atom. The number of carboxylic acids is 1. The molecule has 0 aliphatic heterocycles. The van der Waals surface area contributed by atoms with Crippen LogP contribution in [-0.4, -0.2) is 74.1 Å². The second-order valence-corrected chi connectivity index (χ2v) is 8.15. The number of ether oxygens (including phenoxy) is 3. The van der Waals surface area contributed by atoms with Crippen molar-refractivity contribution < 1.29 is 33.7 Å². The third kappa shape index (κ3) is 14.9. The van der Waals surface area contributed by atoms with Crippen molar-refractivity contribution in [1.29, 1.82) is 0 Å². The molecule has 0 fully saturated rings. The van der Waals surface area contributed by atoms with Gasteiger partial charge >= 0.3 is 5.97 Å². The Morgan fingerprint density at radius 2 is 1.79 bits per heavy atom. The van der Waals surface area contributed by atoms with Gasteiger partial charge in [0.1, 0.15) is 6.04 Å². The maximum atomic E-state index is 12.0. The van der Waals surface area contributed by atoms with Gasteiger partial charge in [0.25, 0.3) is 0 Å². The molecule has 170 valence electrons. The van der Waals surface area contributed by atoms with Gasteiger partial charge in [0.2, 0.25) is 12.3 Å². The molecular weight excluding hydrogens is 380 g/mol. The molecule has 0 aliphatic carbocycles. The Balaban J connectivity index is 4.07. The third-order valence-electron chi connectivity index (χ3n) is 4.45. The maximum Gasteiger partial charge on any atom is 0.326 e. The molecule has 0 saturated carbocycles. The number of methoxy groups -OCH3 is 1. The first-order valence-corrected chi connectivity index (χ1v) is 9.99. The second-order valence-electron chi connectivity index (χ2n) is 8.15. The number of rotatable bonds is 18. The van der Waals surface area contributed by atoms with Crippen molar-refractivity contribution in [3.63, 3.8) is 0 Å². The number of unbranched alkanes of at least 4 members (excludes halogenated alkanes) is 1. The predicted molar refractivity (Wildman–Crippen MR) is 109 cm³/mol. The molecular formula is C20H38N2O7. The third-order valence-corrected chi connectivity index (χ3v) is 4.45. The van der Waals surface area contributed by atoms with E-state index in [9.17, 15) is 19.5 Å². The fraction of sp³-hybridized carbons (Fsp3) is 0.850. The van der Waals surface area contributed by atoms with Crippen LogP contribution in [0.4, 0.5) is 0 Å². The molecule has 9 heteroatoms. The Labute approximate surface area is 173 Å². The fourth-order valence-corrected chi connectivity index (χ4v) is 2.36. The van der Waals surface area contributed by atoms with E-state index in [2.05, 4.69) is 10.6 Å². The average molecular weight is 419 g/mol. The minimum atomic E-state index is -1.07. The van der Waals surface area contributed by atoms with Crippen molar-refractivity contribution in [3.05, 3.63) is 0 Å². The molecule has 0 aromatic rings. The summed E-state index contributed by atoms with van der Waals surface area (Å²) in [7, 11) is 1.67. The normalized spacial score (nSPS) is 13.0. The topological polar surface area (TPSA) is 123 Å². The zero-order valence-corrected chi connectivity index (χ0v) is 18.4.